The number of likely N-dealkylation sites (tertiary alicyclic amines) is 1. The maximum atomic E-state index is 13.7. The number of halogens is 1. The maximum absolute atomic E-state index is 13.7. The van der Waals surface area contributed by atoms with E-state index in [2.05, 4.69) is 22.1 Å². The fraction of sp³-hybridized carbons (Fsp3) is 0.292. The molecule has 0 radical (unpaired) electrons. The molecule has 0 N–H and O–H groups in total. The van der Waals surface area contributed by atoms with Crippen molar-refractivity contribution >= 4 is 5.91 Å². The fourth-order valence-electron chi connectivity index (χ4n) is 3.99. The van der Waals surface area contributed by atoms with Crippen LogP contribution in [0.2, 0.25) is 0 Å². The summed E-state index contributed by atoms with van der Waals surface area (Å²) in [6.45, 7) is 1.41. The van der Waals surface area contributed by atoms with Crippen LogP contribution in [-0.4, -0.2) is 33.9 Å². The molecule has 1 aliphatic rings. The Morgan fingerprint density at radius 3 is 2.72 bits per heavy atom. The van der Waals surface area contributed by atoms with E-state index in [1.54, 1.807) is 18.5 Å². The van der Waals surface area contributed by atoms with E-state index in [1.165, 1.54) is 17.7 Å². The van der Waals surface area contributed by atoms with E-state index in [4.69, 9.17) is 0 Å². The molecule has 4 rings (SSSR count). The standard InChI is InChI=1S/C24H24FN3O/c25-21-10-4-8-19(16-21)23-24(27-14-13-26-23)20-9-5-15-28(17-20)22(29)12-11-18-6-2-1-3-7-18/h1-4,6-8,10,13-14,16,20H,5,9,11-12,15,17H2. The van der Waals surface area contributed by atoms with E-state index < -0.39 is 0 Å². The average Bonchev–Trinajstić information content (AvgIpc) is 2.78. The van der Waals surface area contributed by atoms with Crippen LogP contribution in [0.5, 0.6) is 0 Å². The van der Waals surface area contributed by atoms with Gasteiger partial charge >= 0.3 is 0 Å². The summed E-state index contributed by atoms with van der Waals surface area (Å²) in [4.78, 5) is 23.8. The summed E-state index contributed by atoms with van der Waals surface area (Å²) < 4.78 is 13.7. The van der Waals surface area contributed by atoms with Gasteiger partial charge in [0.15, 0.2) is 0 Å². The average molecular weight is 389 g/mol. The van der Waals surface area contributed by atoms with Crippen LogP contribution in [-0.2, 0) is 11.2 Å². The molecule has 0 bridgehead atoms. The summed E-state index contributed by atoms with van der Waals surface area (Å²) in [6, 6.07) is 16.5. The Balaban J connectivity index is 1.48. The molecule has 1 saturated heterocycles. The summed E-state index contributed by atoms with van der Waals surface area (Å²) in [5, 5.41) is 0. The SMILES string of the molecule is O=C(CCc1ccccc1)N1CCCC(c2nccnc2-c2cccc(F)c2)C1. The first-order valence-corrected chi connectivity index (χ1v) is 10.1. The number of carbonyl (C=O) groups excluding carboxylic acids is 1. The Morgan fingerprint density at radius 1 is 1.07 bits per heavy atom. The molecule has 5 heteroatoms. The summed E-state index contributed by atoms with van der Waals surface area (Å²) in [5.74, 6) is -0.00777. The first-order valence-electron chi connectivity index (χ1n) is 10.1. The Labute approximate surface area is 170 Å². The second kappa shape index (κ2) is 8.95. The molecule has 1 aliphatic heterocycles. The number of carbonyl (C=O) groups is 1. The Hall–Kier alpha value is -3.08. The molecule has 1 atom stereocenters. The fourth-order valence-corrected chi connectivity index (χ4v) is 3.99. The zero-order valence-electron chi connectivity index (χ0n) is 16.3. The smallest absolute Gasteiger partial charge is 0.222 e. The van der Waals surface area contributed by atoms with Gasteiger partial charge in [-0.2, -0.15) is 0 Å². The van der Waals surface area contributed by atoms with Gasteiger partial charge < -0.3 is 4.90 Å². The van der Waals surface area contributed by atoms with Gasteiger partial charge in [-0.3, -0.25) is 14.8 Å². The van der Waals surface area contributed by atoms with E-state index in [9.17, 15) is 9.18 Å². The maximum Gasteiger partial charge on any atom is 0.222 e. The molecule has 1 aromatic heterocycles. The molecule has 1 amide bonds. The number of benzene rings is 2. The van der Waals surface area contributed by atoms with E-state index in [-0.39, 0.29) is 17.6 Å². The predicted molar refractivity (Wildman–Crippen MR) is 111 cm³/mol. The molecule has 0 saturated carbocycles. The molecule has 1 unspecified atom stereocenters. The van der Waals surface area contributed by atoms with Crippen LogP contribution in [0, 0.1) is 5.82 Å². The molecular formula is C24H24FN3O. The third-order valence-electron chi connectivity index (χ3n) is 5.46. The second-order valence-corrected chi connectivity index (χ2v) is 7.47. The monoisotopic (exact) mass is 389 g/mol. The van der Waals surface area contributed by atoms with Crippen LogP contribution in [0.25, 0.3) is 11.3 Å². The first kappa shape index (κ1) is 19.2. The normalized spacial score (nSPS) is 16.6. The van der Waals surface area contributed by atoms with Gasteiger partial charge in [-0.1, -0.05) is 42.5 Å². The van der Waals surface area contributed by atoms with Crippen molar-refractivity contribution in [3.63, 3.8) is 0 Å². The number of aryl methyl sites for hydroxylation is 1. The Bertz CT molecular complexity index is 977. The Morgan fingerprint density at radius 2 is 1.90 bits per heavy atom. The van der Waals surface area contributed by atoms with Crippen molar-refractivity contribution in [1.29, 1.82) is 0 Å². The quantitative estimate of drug-likeness (QED) is 0.640. The molecule has 29 heavy (non-hydrogen) atoms. The van der Waals surface area contributed by atoms with Crippen LogP contribution >= 0.6 is 0 Å². The summed E-state index contributed by atoms with van der Waals surface area (Å²) >= 11 is 0. The second-order valence-electron chi connectivity index (χ2n) is 7.47. The lowest BCUT2D eigenvalue weighted by Gasteiger charge is -2.33. The molecule has 2 heterocycles. The highest BCUT2D eigenvalue weighted by Gasteiger charge is 2.27. The van der Waals surface area contributed by atoms with Gasteiger partial charge in [0.1, 0.15) is 5.82 Å². The van der Waals surface area contributed by atoms with Gasteiger partial charge in [0.25, 0.3) is 0 Å². The van der Waals surface area contributed by atoms with Gasteiger partial charge in [-0.15, -0.1) is 0 Å². The van der Waals surface area contributed by atoms with Crippen LogP contribution in [0.15, 0.2) is 67.0 Å². The van der Waals surface area contributed by atoms with Crippen molar-refractivity contribution in [2.45, 2.75) is 31.6 Å². The number of piperidine rings is 1. The zero-order chi connectivity index (χ0) is 20.1. The van der Waals surface area contributed by atoms with Crippen LogP contribution in [0.3, 0.4) is 0 Å². The molecule has 2 aromatic carbocycles. The first-order chi connectivity index (χ1) is 14.2. The van der Waals surface area contributed by atoms with E-state index in [1.807, 2.05) is 29.2 Å². The summed E-state index contributed by atoms with van der Waals surface area (Å²) in [5.41, 5.74) is 3.45. The minimum absolute atomic E-state index is 0.108. The van der Waals surface area contributed by atoms with Gasteiger partial charge in [0, 0.05) is 43.4 Å². The number of rotatable bonds is 5. The molecular weight excluding hydrogens is 365 g/mol. The highest BCUT2D eigenvalue weighted by atomic mass is 19.1. The minimum atomic E-state index is -0.291. The van der Waals surface area contributed by atoms with E-state index in [0.717, 1.165) is 37.1 Å². The van der Waals surface area contributed by atoms with E-state index >= 15 is 0 Å². The number of aromatic nitrogens is 2. The molecule has 4 nitrogen and oxygen atoms in total. The van der Waals surface area contributed by atoms with Crippen LogP contribution in [0.4, 0.5) is 4.39 Å². The molecule has 3 aromatic rings. The largest absolute Gasteiger partial charge is 0.342 e. The topological polar surface area (TPSA) is 46.1 Å². The number of hydrogen-bond acceptors (Lipinski definition) is 3. The van der Waals surface area contributed by atoms with Crippen LogP contribution < -0.4 is 0 Å². The number of hydrogen-bond donors (Lipinski definition) is 0. The van der Waals surface area contributed by atoms with Gasteiger partial charge in [0.2, 0.25) is 5.91 Å². The van der Waals surface area contributed by atoms with Gasteiger partial charge in [-0.05, 0) is 37.0 Å². The molecule has 148 valence electrons. The lowest BCUT2D eigenvalue weighted by atomic mass is 9.91. The van der Waals surface area contributed by atoms with Crippen molar-refractivity contribution in [2.75, 3.05) is 13.1 Å². The van der Waals surface area contributed by atoms with Crippen molar-refractivity contribution in [1.82, 2.24) is 14.9 Å². The lowest BCUT2D eigenvalue weighted by Crippen LogP contribution is -2.39. The van der Waals surface area contributed by atoms with Crippen molar-refractivity contribution in [3.8, 4) is 11.3 Å². The van der Waals surface area contributed by atoms with Crippen LogP contribution in [0.1, 0.15) is 36.4 Å². The lowest BCUT2D eigenvalue weighted by molar-refractivity contribution is -0.132. The number of amides is 1. The minimum Gasteiger partial charge on any atom is -0.342 e. The van der Waals surface area contributed by atoms with Crippen molar-refractivity contribution in [2.24, 2.45) is 0 Å². The molecule has 0 aliphatic carbocycles. The van der Waals surface area contributed by atoms with Crippen molar-refractivity contribution in [3.05, 3.63) is 84.1 Å². The Kier molecular flexibility index (Phi) is 5.94. The van der Waals surface area contributed by atoms with Crippen molar-refractivity contribution < 1.29 is 9.18 Å². The zero-order valence-corrected chi connectivity index (χ0v) is 16.3. The summed E-state index contributed by atoms with van der Waals surface area (Å²) in [6.07, 6.45) is 6.45. The molecule has 0 spiro atoms. The highest BCUT2D eigenvalue weighted by molar-refractivity contribution is 5.76. The van der Waals surface area contributed by atoms with Gasteiger partial charge in [-0.25, -0.2) is 4.39 Å². The third-order valence-corrected chi connectivity index (χ3v) is 5.46. The van der Waals surface area contributed by atoms with Gasteiger partial charge in [0.05, 0.1) is 11.4 Å². The number of nitrogens with zero attached hydrogens (tertiary/aromatic N) is 3. The highest BCUT2D eigenvalue weighted by Crippen LogP contribution is 2.32. The molecule has 1 fully saturated rings. The van der Waals surface area contributed by atoms with E-state index in [0.29, 0.717) is 18.7 Å². The summed E-state index contributed by atoms with van der Waals surface area (Å²) in [7, 11) is 0. The predicted octanol–water partition coefficient (Wildman–Crippen LogP) is 4.62. The third kappa shape index (κ3) is 4.67.